The molecule has 0 spiro atoms. The van der Waals surface area contributed by atoms with Crippen molar-refractivity contribution in [1.29, 1.82) is 0 Å². The molecular weight excluding hydrogens is 276 g/mol. The molecule has 0 saturated heterocycles. The summed E-state index contributed by atoms with van der Waals surface area (Å²) in [5, 5.41) is 0. The number of nitrogens with zero attached hydrogens (tertiary/aromatic N) is 1. The monoisotopic (exact) mass is 288 g/mol. The van der Waals surface area contributed by atoms with E-state index in [-0.39, 0.29) is 0 Å². The number of halogens is 1. The molecule has 0 aliphatic carbocycles. The fraction of sp³-hybridized carbons (Fsp3) is 0.143. The van der Waals surface area contributed by atoms with E-state index in [1.54, 1.807) is 0 Å². The normalized spacial score (nSPS) is 13.8. The Bertz CT molecular complexity index is 543. The predicted molar refractivity (Wildman–Crippen MR) is 73.2 cm³/mol. The van der Waals surface area contributed by atoms with Gasteiger partial charge >= 0.3 is 0 Å². The number of H-pyrrole nitrogens is 1. The first-order valence-electron chi connectivity index (χ1n) is 5.65. The molecule has 0 unspecified atom stereocenters. The highest BCUT2D eigenvalue weighted by atomic mass is 79.9. The molecule has 1 N–H and O–H groups in total. The number of rotatable bonds is 2. The summed E-state index contributed by atoms with van der Waals surface area (Å²) >= 11 is 3.54. The number of nitrogens with one attached hydrogen (secondary N) is 1. The lowest BCUT2D eigenvalue weighted by Gasteiger charge is -2.23. The van der Waals surface area contributed by atoms with Crippen LogP contribution in [0.15, 0.2) is 47.2 Å². The first kappa shape index (κ1) is 10.7. The molecule has 17 heavy (non-hydrogen) atoms. The van der Waals surface area contributed by atoms with Gasteiger partial charge in [-0.1, -0.05) is 30.3 Å². The van der Waals surface area contributed by atoms with E-state index in [2.05, 4.69) is 68.4 Å². The molecule has 0 bridgehead atoms. The fourth-order valence-electron chi connectivity index (χ4n) is 2.12. The average Bonchev–Trinajstić information content (AvgIpc) is 2.72. The van der Waals surface area contributed by atoms with E-state index in [4.69, 9.17) is 0 Å². The van der Waals surface area contributed by atoms with Gasteiger partial charge in [-0.25, -0.2) is 0 Å². The third-order valence-corrected chi connectivity index (χ3v) is 3.65. The van der Waals surface area contributed by atoms with Crippen molar-refractivity contribution < 1.29 is 0 Å². The van der Waals surface area contributed by atoms with Crippen LogP contribution in [0.3, 0.4) is 0 Å². The second-order valence-electron chi connectivity index (χ2n) is 4.24. The zero-order chi connectivity index (χ0) is 11.7. The Morgan fingerprint density at radius 2 is 2.06 bits per heavy atom. The summed E-state index contributed by atoms with van der Waals surface area (Å²) in [6.45, 7) is 1.89. The zero-order valence-corrected chi connectivity index (χ0v) is 10.9. The van der Waals surface area contributed by atoms with Crippen molar-refractivity contribution in [2.45, 2.75) is 13.1 Å². The second-order valence-corrected chi connectivity index (χ2v) is 5.09. The highest BCUT2D eigenvalue weighted by Crippen LogP contribution is 2.27. The van der Waals surface area contributed by atoms with E-state index < -0.39 is 0 Å². The lowest BCUT2D eigenvalue weighted by Crippen LogP contribution is -2.19. The van der Waals surface area contributed by atoms with Crippen LogP contribution in [-0.2, 0) is 13.1 Å². The third kappa shape index (κ3) is 2.15. The minimum absolute atomic E-state index is 0.937. The van der Waals surface area contributed by atoms with Gasteiger partial charge in [-0.05, 0) is 27.6 Å². The summed E-state index contributed by atoms with van der Waals surface area (Å²) in [5.41, 5.74) is 3.89. The van der Waals surface area contributed by atoms with Crippen molar-refractivity contribution in [2.24, 2.45) is 0 Å². The van der Waals surface area contributed by atoms with Crippen LogP contribution in [0.5, 0.6) is 0 Å². The lowest BCUT2D eigenvalue weighted by atomic mass is 10.1. The lowest BCUT2D eigenvalue weighted by molar-refractivity contribution is 0.355. The Hall–Kier alpha value is -1.48. The van der Waals surface area contributed by atoms with E-state index in [1.165, 1.54) is 16.8 Å². The standard InChI is InChI=1S/C14H13BrN2/c15-13-8-16-14-10-17(7-6-12(13)14)9-11-4-2-1-3-5-11/h1-8,16H,9-10H2. The molecule has 0 fully saturated rings. The van der Waals surface area contributed by atoms with Crippen molar-refractivity contribution in [3.05, 3.63) is 64.0 Å². The van der Waals surface area contributed by atoms with Gasteiger partial charge in [0.1, 0.15) is 0 Å². The molecule has 0 amide bonds. The van der Waals surface area contributed by atoms with Crippen molar-refractivity contribution in [3.8, 4) is 0 Å². The molecule has 0 atom stereocenters. The Balaban J connectivity index is 1.77. The molecule has 3 rings (SSSR count). The van der Waals surface area contributed by atoms with Crippen LogP contribution in [0, 0.1) is 0 Å². The predicted octanol–water partition coefficient (Wildman–Crippen LogP) is 3.76. The van der Waals surface area contributed by atoms with Crippen LogP contribution in [0.2, 0.25) is 0 Å². The fourth-order valence-corrected chi connectivity index (χ4v) is 2.61. The van der Waals surface area contributed by atoms with E-state index in [0.717, 1.165) is 17.6 Å². The summed E-state index contributed by atoms with van der Waals surface area (Å²) in [7, 11) is 0. The van der Waals surface area contributed by atoms with E-state index in [9.17, 15) is 0 Å². The average molecular weight is 289 g/mol. The molecule has 86 valence electrons. The summed E-state index contributed by atoms with van der Waals surface area (Å²) < 4.78 is 1.14. The maximum atomic E-state index is 3.54. The Kier molecular flexibility index (Phi) is 2.77. The van der Waals surface area contributed by atoms with Gasteiger partial charge in [0.15, 0.2) is 0 Å². The van der Waals surface area contributed by atoms with Crippen LogP contribution in [0.1, 0.15) is 16.8 Å². The minimum Gasteiger partial charge on any atom is -0.367 e. The first-order chi connectivity index (χ1) is 8.33. The molecule has 2 nitrogen and oxygen atoms in total. The van der Waals surface area contributed by atoms with Crippen LogP contribution in [0.4, 0.5) is 0 Å². The van der Waals surface area contributed by atoms with Gasteiger partial charge in [0, 0.05) is 34.7 Å². The highest BCUT2D eigenvalue weighted by molar-refractivity contribution is 9.10. The maximum Gasteiger partial charge on any atom is 0.0584 e. The molecule has 1 aliphatic rings. The van der Waals surface area contributed by atoms with Gasteiger partial charge in [0.25, 0.3) is 0 Å². The van der Waals surface area contributed by atoms with Gasteiger partial charge in [-0.15, -0.1) is 0 Å². The molecule has 1 aromatic carbocycles. The zero-order valence-electron chi connectivity index (χ0n) is 9.36. The van der Waals surface area contributed by atoms with Crippen molar-refractivity contribution in [2.75, 3.05) is 0 Å². The van der Waals surface area contributed by atoms with E-state index in [0.29, 0.717) is 0 Å². The van der Waals surface area contributed by atoms with Crippen LogP contribution < -0.4 is 0 Å². The number of hydrogen-bond donors (Lipinski definition) is 1. The molecule has 2 aromatic rings. The number of hydrogen-bond acceptors (Lipinski definition) is 1. The topological polar surface area (TPSA) is 19.0 Å². The first-order valence-corrected chi connectivity index (χ1v) is 6.44. The van der Waals surface area contributed by atoms with Gasteiger partial charge in [0.2, 0.25) is 0 Å². The highest BCUT2D eigenvalue weighted by Gasteiger charge is 2.14. The Morgan fingerprint density at radius 3 is 2.88 bits per heavy atom. The summed E-state index contributed by atoms with van der Waals surface area (Å²) in [5.74, 6) is 0. The van der Waals surface area contributed by atoms with Crippen LogP contribution in [0.25, 0.3) is 6.08 Å². The van der Waals surface area contributed by atoms with Crippen molar-refractivity contribution in [1.82, 2.24) is 9.88 Å². The molecule has 0 saturated carbocycles. The van der Waals surface area contributed by atoms with Gasteiger partial charge < -0.3 is 9.88 Å². The number of fused-ring (bicyclic) bond motifs is 1. The summed E-state index contributed by atoms with van der Waals surface area (Å²) in [6.07, 6.45) is 6.32. The van der Waals surface area contributed by atoms with Crippen molar-refractivity contribution in [3.63, 3.8) is 0 Å². The second kappa shape index (κ2) is 4.41. The number of aromatic amines is 1. The molecule has 3 heteroatoms. The van der Waals surface area contributed by atoms with Gasteiger partial charge in [-0.3, -0.25) is 0 Å². The van der Waals surface area contributed by atoms with Crippen molar-refractivity contribution >= 4 is 22.0 Å². The SMILES string of the molecule is Brc1c[nH]c2c1C=CN(Cc1ccccc1)C2. The number of benzene rings is 1. The minimum atomic E-state index is 0.937. The van der Waals surface area contributed by atoms with Crippen LogP contribution in [-0.4, -0.2) is 9.88 Å². The summed E-state index contributed by atoms with van der Waals surface area (Å²) in [6, 6.07) is 10.5. The smallest absolute Gasteiger partial charge is 0.0584 e. The molecule has 1 aliphatic heterocycles. The number of aromatic nitrogens is 1. The largest absolute Gasteiger partial charge is 0.367 e. The van der Waals surface area contributed by atoms with Gasteiger partial charge in [0.05, 0.1) is 6.54 Å². The summed E-state index contributed by atoms with van der Waals surface area (Å²) in [4.78, 5) is 5.61. The van der Waals surface area contributed by atoms with E-state index >= 15 is 0 Å². The van der Waals surface area contributed by atoms with Gasteiger partial charge in [-0.2, -0.15) is 0 Å². The molecular formula is C14H13BrN2. The van der Waals surface area contributed by atoms with Crippen LogP contribution >= 0.6 is 15.9 Å². The van der Waals surface area contributed by atoms with E-state index in [1.807, 2.05) is 6.20 Å². The quantitative estimate of drug-likeness (QED) is 0.891. The Morgan fingerprint density at radius 1 is 1.24 bits per heavy atom. The molecule has 1 aromatic heterocycles. The third-order valence-electron chi connectivity index (χ3n) is 3.00. The molecule has 0 radical (unpaired) electrons. The maximum absolute atomic E-state index is 3.54. The Labute approximate surface area is 109 Å². The molecule has 2 heterocycles.